The van der Waals surface area contributed by atoms with Crippen molar-refractivity contribution in [3.8, 4) is 0 Å². The van der Waals surface area contributed by atoms with Gasteiger partial charge in [-0.2, -0.15) is 0 Å². The lowest BCUT2D eigenvalue weighted by molar-refractivity contribution is -0.390. The Morgan fingerprint density at radius 2 is 1.36 bits per heavy atom. The molecule has 3 saturated carbocycles. The molecule has 9 rings (SSSR count). The Bertz CT molecular complexity index is 1880. The molecule has 22 heteroatoms. The number of aliphatic hydroxyl groups is 12. The molecule has 5 saturated heterocycles. The van der Waals surface area contributed by atoms with Crippen LogP contribution >= 0.6 is 0 Å². The van der Waals surface area contributed by atoms with E-state index in [2.05, 4.69) is 26.8 Å². The fourth-order valence-electron chi connectivity index (χ4n) is 15.0. The number of aliphatic hydroxyl groups excluding tert-OH is 12. The Balaban J connectivity index is 0.864. The van der Waals surface area contributed by atoms with Crippen LogP contribution in [-0.2, 0) is 47.4 Å². The Hall–Kier alpha value is -1.14. The number of hydrogen-bond donors (Lipinski definition) is 12. The fraction of sp³-hybridized carbons (Fsp3) is 0.961. The van der Waals surface area contributed by atoms with Crippen LogP contribution < -0.4 is 0 Å². The minimum Gasteiger partial charge on any atom is -0.394 e. The zero-order valence-electron chi connectivity index (χ0n) is 42.8. The predicted octanol–water partition coefficient (Wildman–Crippen LogP) is -1.71. The highest BCUT2D eigenvalue weighted by Gasteiger charge is 2.68. The molecule has 0 aromatic carbocycles. The van der Waals surface area contributed by atoms with Gasteiger partial charge in [0.15, 0.2) is 30.9 Å². The molecule has 0 radical (unpaired) electrons. The predicted molar refractivity (Wildman–Crippen MR) is 249 cm³/mol. The summed E-state index contributed by atoms with van der Waals surface area (Å²) in [5.41, 5.74) is 1.18. The largest absolute Gasteiger partial charge is 0.394 e. The zero-order chi connectivity index (χ0) is 52.6. The highest BCUT2D eigenvalue weighted by Crippen LogP contribution is 2.70. The minimum absolute atomic E-state index is 0.00353. The number of hydrogen-bond acceptors (Lipinski definition) is 22. The van der Waals surface area contributed by atoms with Gasteiger partial charge in [-0.3, -0.25) is 0 Å². The lowest BCUT2D eigenvalue weighted by atomic mass is 9.47. The molecule has 12 N–H and O–H groups in total. The van der Waals surface area contributed by atoms with E-state index < -0.39 is 148 Å². The van der Waals surface area contributed by atoms with Gasteiger partial charge < -0.3 is 109 Å². The fourth-order valence-corrected chi connectivity index (χ4v) is 15.0. The minimum atomic E-state index is -1.75. The van der Waals surface area contributed by atoms with Crippen molar-refractivity contribution in [1.29, 1.82) is 0 Å². The normalized spacial score (nSPS) is 54.5. The van der Waals surface area contributed by atoms with E-state index in [1.165, 1.54) is 12.5 Å². The number of allylic oxidation sites excluding steroid dienone is 1. The summed E-state index contributed by atoms with van der Waals surface area (Å²) in [6.07, 6.45) is -18.5. The number of rotatable bonds is 15. The first-order valence-electron chi connectivity index (χ1n) is 26.7. The molecule has 22 nitrogen and oxygen atoms in total. The first kappa shape index (κ1) is 56.6. The van der Waals surface area contributed by atoms with Crippen LogP contribution in [0.25, 0.3) is 0 Å². The third kappa shape index (κ3) is 10.2. The van der Waals surface area contributed by atoms with Crippen molar-refractivity contribution in [3.05, 3.63) is 11.6 Å². The van der Waals surface area contributed by atoms with E-state index in [4.69, 9.17) is 47.4 Å². The van der Waals surface area contributed by atoms with Crippen molar-refractivity contribution in [2.45, 2.75) is 227 Å². The van der Waals surface area contributed by atoms with Gasteiger partial charge in [-0.25, -0.2) is 0 Å². The van der Waals surface area contributed by atoms with E-state index in [1.807, 2.05) is 6.92 Å². The van der Waals surface area contributed by atoms with Crippen LogP contribution in [0.2, 0.25) is 0 Å². The molecule has 1 unspecified atom stereocenters. The lowest BCUT2D eigenvalue weighted by Gasteiger charge is -2.58. The van der Waals surface area contributed by atoms with Crippen molar-refractivity contribution >= 4 is 0 Å². The van der Waals surface area contributed by atoms with Gasteiger partial charge in [0.25, 0.3) is 0 Å². The molecule has 0 aromatic rings. The Morgan fingerprint density at radius 3 is 2.07 bits per heavy atom. The van der Waals surface area contributed by atoms with Crippen LogP contribution in [0, 0.1) is 46.3 Å². The summed E-state index contributed by atoms with van der Waals surface area (Å²) in [5.74, 6) is 0.863. The van der Waals surface area contributed by atoms with E-state index >= 15 is 0 Å². The van der Waals surface area contributed by atoms with E-state index in [9.17, 15) is 61.3 Å². The Kier molecular flexibility index (Phi) is 17.2. The van der Waals surface area contributed by atoms with Gasteiger partial charge in [0, 0.05) is 19.4 Å². The van der Waals surface area contributed by atoms with Crippen LogP contribution in [0.15, 0.2) is 11.6 Å². The van der Waals surface area contributed by atoms with Gasteiger partial charge in [0.1, 0.15) is 85.5 Å². The second-order valence-corrected chi connectivity index (χ2v) is 23.6. The third-order valence-electron chi connectivity index (χ3n) is 19.4. The summed E-state index contributed by atoms with van der Waals surface area (Å²) in [6, 6.07) is 0. The standard InChI is InChI=1S/C51H84O22/c1-21(19-65-45-41(62)39(60)36(57)31(17-52)69-45)9-14-51(64-6)22(2)33-30(73-51)16-28-26-8-7-24-15-25(10-12-49(24,4)27(26)11-13-50(28,33)5)68-48-44(72-47-42(63)38(59)34(55)23(3)67-47)43(37(58)32(18-53)70-48)71-46-40(61)35(56)29(54)20-66-46/h7,21-23,25-48,52-63H,8-20H2,1-6H3/t21-,22+,23+,25+,26-,27+,28+,29+,30+,31-,32-,33+,34+,35+,36-,37-,38-,39+,40-,41-,42-,43+,44-,45-,46+,47+,48-,49+,50+,51?/m1/s1. The molecule has 5 aliphatic heterocycles. The van der Waals surface area contributed by atoms with Crippen LogP contribution in [-0.4, -0.2) is 230 Å². The maximum Gasteiger partial charge on any atom is 0.187 e. The van der Waals surface area contributed by atoms with E-state index in [0.29, 0.717) is 43.4 Å². The van der Waals surface area contributed by atoms with Crippen molar-refractivity contribution in [1.82, 2.24) is 0 Å². The van der Waals surface area contributed by atoms with Crippen LogP contribution in [0.4, 0.5) is 0 Å². The molecule has 0 aromatic heterocycles. The van der Waals surface area contributed by atoms with Gasteiger partial charge in [-0.15, -0.1) is 0 Å². The highest BCUT2D eigenvalue weighted by molar-refractivity contribution is 5.26. The van der Waals surface area contributed by atoms with Gasteiger partial charge in [0.05, 0.1) is 44.7 Å². The van der Waals surface area contributed by atoms with Gasteiger partial charge in [-0.05, 0) is 98.7 Å². The van der Waals surface area contributed by atoms with Gasteiger partial charge in [0.2, 0.25) is 0 Å². The molecule has 73 heavy (non-hydrogen) atoms. The molecule has 420 valence electrons. The third-order valence-corrected chi connectivity index (χ3v) is 19.4. The SMILES string of the molecule is COC1(CC[C@@H](C)CO[C@@H]2O[C@H](CO)[C@@H](O)[C@H](O)[C@H]2O)O[C@H]2C[C@H]3[C@@H]4CC=C5C[C@@H](O[C@@H]6O[C@H](CO)[C@@H](O)[C@H](O[C@@H]7OC[C@H](O)[C@H](O)[C@H]7O)[C@H]6O[C@@H]6O[C@@H](C)[C@H](O)[C@@H](O)[C@H]6O)CC[C@]5(C)[C@H]4CC[C@]3(C)[C@H]2[C@@H]1C. The van der Waals surface area contributed by atoms with Gasteiger partial charge in [-0.1, -0.05) is 39.3 Å². The molecule has 0 spiro atoms. The van der Waals surface area contributed by atoms with E-state index in [0.717, 1.165) is 32.1 Å². The van der Waals surface area contributed by atoms with Crippen LogP contribution in [0.3, 0.4) is 0 Å². The summed E-state index contributed by atoms with van der Waals surface area (Å²) < 4.78 is 61.5. The van der Waals surface area contributed by atoms with E-state index in [1.54, 1.807) is 7.11 Å². The summed E-state index contributed by atoms with van der Waals surface area (Å²) in [5, 5.41) is 126. The molecule has 0 amide bonds. The van der Waals surface area contributed by atoms with Crippen LogP contribution in [0.1, 0.15) is 92.4 Å². The maximum absolute atomic E-state index is 11.6. The lowest BCUT2D eigenvalue weighted by Crippen LogP contribution is -2.66. The molecule has 0 bridgehead atoms. The molecule has 30 atom stereocenters. The molecule has 5 heterocycles. The first-order chi connectivity index (χ1) is 34.6. The number of fused-ring (bicyclic) bond motifs is 7. The summed E-state index contributed by atoms with van der Waals surface area (Å²) >= 11 is 0. The molecule has 8 fully saturated rings. The average Bonchev–Trinajstić information content (AvgIpc) is 3.83. The monoisotopic (exact) mass is 1050 g/mol. The topological polar surface area (TPSA) is 335 Å². The summed E-state index contributed by atoms with van der Waals surface area (Å²) in [7, 11) is 1.72. The molecular weight excluding hydrogens is 965 g/mol. The van der Waals surface area contributed by atoms with Crippen LogP contribution in [0.5, 0.6) is 0 Å². The van der Waals surface area contributed by atoms with E-state index in [-0.39, 0.29) is 41.3 Å². The summed E-state index contributed by atoms with van der Waals surface area (Å²) in [4.78, 5) is 0. The number of methoxy groups -OCH3 is 1. The molecule has 4 aliphatic carbocycles. The second-order valence-electron chi connectivity index (χ2n) is 23.6. The second kappa shape index (κ2) is 22.2. The highest BCUT2D eigenvalue weighted by atomic mass is 16.8. The number of ether oxygens (including phenoxy) is 10. The maximum atomic E-state index is 11.6. The van der Waals surface area contributed by atoms with Crippen molar-refractivity contribution in [2.75, 3.05) is 33.5 Å². The quantitative estimate of drug-likeness (QED) is 0.0813. The van der Waals surface area contributed by atoms with Crippen molar-refractivity contribution in [3.63, 3.8) is 0 Å². The van der Waals surface area contributed by atoms with Crippen molar-refractivity contribution < 1.29 is 109 Å². The Morgan fingerprint density at radius 1 is 0.699 bits per heavy atom. The molecular formula is C51H84O22. The zero-order valence-corrected chi connectivity index (χ0v) is 42.8. The summed E-state index contributed by atoms with van der Waals surface area (Å²) in [6.45, 7) is 9.21. The first-order valence-corrected chi connectivity index (χ1v) is 26.7. The Labute approximate surface area is 426 Å². The van der Waals surface area contributed by atoms with Gasteiger partial charge >= 0.3 is 0 Å². The smallest absolute Gasteiger partial charge is 0.187 e. The molecule has 9 aliphatic rings. The van der Waals surface area contributed by atoms with Crippen molar-refractivity contribution in [2.24, 2.45) is 46.3 Å². The average molecular weight is 1050 g/mol.